The minimum absolute atomic E-state index is 0.129. The summed E-state index contributed by atoms with van der Waals surface area (Å²) in [5, 5.41) is 0. The van der Waals surface area contributed by atoms with Crippen LogP contribution >= 0.6 is 11.6 Å². The van der Waals surface area contributed by atoms with Gasteiger partial charge in [0.15, 0.2) is 0 Å². The van der Waals surface area contributed by atoms with E-state index in [1.807, 2.05) is 32.9 Å². The van der Waals surface area contributed by atoms with Gasteiger partial charge in [0.2, 0.25) is 5.91 Å². The number of primary amides is 1. The van der Waals surface area contributed by atoms with Crippen molar-refractivity contribution in [2.75, 3.05) is 0 Å². The maximum Gasteiger partial charge on any atom is 0.249 e. The van der Waals surface area contributed by atoms with Gasteiger partial charge in [-0.25, -0.2) is 0 Å². The highest BCUT2D eigenvalue weighted by Crippen LogP contribution is 2.30. The van der Waals surface area contributed by atoms with Crippen LogP contribution in [0.1, 0.15) is 42.3 Å². The molecular formula is C12H16ClNO. The first-order chi connectivity index (χ1) is 6.88. The molecular weight excluding hydrogens is 210 g/mol. The van der Waals surface area contributed by atoms with Crippen LogP contribution in [0.2, 0.25) is 0 Å². The Morgan fingerprint density at radius 1 is 1.40 bits per heavy atom. The lowest BCUT2D eigenvalue weighted by Gasteiger charge is -2.24. The number of halogens is 1. The zero-order chi connectivity index (χ0) is 11.6. The van der Waals surface area contributed by atoms with Gasteiger partial charge in [-0.3, -0.25) is 4.79 Å². The Labute approximate surface area is 95.4 Å². The van der Waals surface area contributed by atoms with Gasteiger partial charge in [-0.05, 0) is 22.6 Å². The minimum Gasteiger partial charge on any atom is -0.366 e. The summed E-state index contributed by atoms with van der Waals surface area (Å²) in [5.41, 5.74) is 7.72. The topological polar surface area (TPSA) is 43.1 Å². The van der Waals surface area contributed by atoms with E-state index in [1.165, 1.54) is 0 Å². The summed E-state index contributed by atoms with van der Waals surface area (Å²) in [6.07, 6.45) is 0. The van der Waals surface area contributed by atoms with Gasteiger partial charge in [-0.2, -0.15) is 0 Å². The molecule has 1 amide bonds. The first-order valence-electron chi connectivity index (χ1n) is 4.86. The van der Waals surface area contributed by atoms with Crippen LogP contribution < -0.4 is 5.73 Å². The van der Waals surface area contributed by atoms with E-state index in [2.05, 4.69) is 0 Å². The molecule has 0 fully saturated rings. The second-order valence-electron chi connectivity index (χ2n) is 4.59. The van der Waals surface area contributed by atoms with E-state index >= 15 is 0 Å². The normalized spacial score (nSPS) is 11.5. The molecule has 1 aromatic carbocycles. The molecule has 15 heavy (non-hydrogen) atoms. The number of benzene rings is 1. The molecule has 1 rings (SSSR count). The molecule has 0 atom stereocenters. The Kier molecular flexibility index (Phi) is 3.40. The third-order valence-electron chi connectivity index (χ3n) is 2.31. The number of rotatable bonds is 2. The van der Waals surface area contributed by atoms with E-state index in [-0.39, 0.29) is 5.41 Å². The number of alkyl halides is 1. The molecule has 0 aromatic heterocycles. The third kappa shape index (κ3) is 2.51. The maximum absolute atomic E-state index is 11.3. The molecule has 0 radical (unpaired) electrons. The summed E-state index contributed by atoms with van der Waals surface area (Å²) in [5.74, 6) is 0.000154. The van der Waals surface area contributed by atoms with Crippen molar-refractivity contribution < 1.29 is 4.79 Å². The fraction of sp³-hybridized carbons (Fsp3) is 0.417. The number of amides is 1. The predicted octanol–water partition coefficient (Wildman–Crippen LogP) is 2.82. The van der Waals surface area contributed by atoms with Crippen LogP contribution in [0.15, 0.2) is 18.2 Å². The Morgan fingerprint density at radius 3 is 2.40 bits per heavy atom. The summed E-state index contributed by atoms with van der Waals surface area (Å²) in [4.78, 5) is 11.3. The monoisotopic (exact) mass is 225 g/mol. The van der Waals surface area contributed by atoms with Crippen molar-refractivity contribution in [3.8, 4) is 0 Å². The first-order valence-corrected chi connectivity index (χ1v) is 5.39. The van der Waals surface area contributed by atoms with Gasteiger partial charge in [0.25, 0.3) is 0 Å². The van der Waals surface area contributed by atoms with Crippen molar-refractivity contribution in [3.63, 3.8) is 0 Å². The van der Waals surface area contributed by atoms with E-state index in [0.717, 1.165) is 11.1 Å². The molecule has 0 aliphatic heterocycles. The van der Waals surface area contributed by atoms with Crippen molar-refractivity contribution in [3.05, 3.63) is 34.9 Å². The van der Waals surface area contributed by atoms with Gasteiger partial charge < -0.3 is 5.73 Å². The van der Waals surface area contributed by atoms with Crippen molar-refractivity contribution in [1.29, 1.82) is 0 Å². The van der Waals surface area contributed by atoms with Gasteiger partial charge in [-0.1, -0.05) is 32.9 Å². The van der Waals surface area contributed by atoms with Crippen molar-refractivity contribution in [1.82, 2.24) is 0 Å². The van der Waals surface area contributed by atoms with Crippen LogP contribution in [0.4, 0.5) is 0 Å². The van der Waals surface area contributed by atoms with Gasteiger partial charge in [0.1, 0.15) is 0 Å². The van der Waals surface area contributed by atoms with Gasteiger partial charge in [-0.15, -0.1) is 11.6 Å². The molecule has 0 aliphatic carbocycles. The molecule has 0 spiro atoms. The zero-order valence-electron chi connectivity index (χ0n) is 9.30. The molecule has 2 N–H and O–H groups in total. The maximum atomic E-state index is 11.3. The van der Waals surface area contributed by atoms with Crippen LogP contribution in [0.25, 0.3) is 0 Å². The van der Waals surface area contributed by atoms with E-state index in [0.29, 0.717) is 11.4 Å². The molecule has 0 saturated carbocycles. The van der Waals surface area contributed by atoms with E-state index < -0.39 is 5.91 Å². The lowest BCUT2D eigenvalue weighted by atomic mass is 9.81. The lowest BCUT2D eigenvalue weighted by Crippen LogP contribution is -2.22. The minimum atomic E-state index is -0.396. The highest BCUT2D eigenvalue weighted by molar-refractivity contribution is 6.17. The quantitative estimate of drug-likeness (QED) is 0.773. The van der Waals surface area contributed by atoms with Gasteiger partial charge in [0, 0.05) is 11.4 Å². The Morgan fingerprint density at radius 2 is 2.00 bits per heavy atom. The second kappa shape index (κ2) is 4.23. The Bertz CT molecular complexity index is 380. The summed E-state index contributed by atoms with van der Waals surface area (Å²) in [6, 6.07) is 5.49. The number of carbonyl (C=O) groups excluding carboxylic acids is 1. The van der Waals surface area contributed by atoms with Gasteiger partial charge >= 0.3 is 0 Å². The molecule has 3 heteroatoms. The summed E-state index contributed by atoms with van der Waals surface area (Å²) >= 11 is 5.86. The molecule has 82 valence electrons. The fourth-order valence-corrected chi connectivity index (χ4v) is 2.03. The second-order valence-corrected chi connectivity index (χ2v) is 4.85. The molecule has 0 bridgehead atoms. The van der Waals surface area contributed by atoms with E-state index in [1.54, 1.807) is 6.07 Å². The third-order valence-corrected chi connectivity index (χ3v) is 2.60. The first kappa shape index (κ1) is 12.1. The number of nitrogens with two attached hydrogens (primary N) is 1. The van der Waals surface area contributed by atoms with E-state index in [4.69, 9.17) is 17.3 Å². The number of carbonyl (C=O) groups is 1. The predicted molar refractivity (Wildman–Crippen MR) is 63.2 cm³/mol. The van der Waals surface area contributed by atoms with Crippen molar-refractivity contribution >= 4 is 17.5 Å². The van der Waals surface area contributed by atoms with Crippen LogP contribution in [0, 0.1) is 0 Å². The summed E-state index contributed by atoms with van der Waals surface area (Å²) < 4.78 is 0. The van der Waals surface area contributed by atoms with Crippen LogP contribution in [0.3, 0.4) is 0 Å². The van der Waals surface area contributed by atoms with Crippen molar-refractivity contribution in [2.24, 2.45) is 5.73 Å². The Balaban J connectivity index is 3.47. The molecule has 2 nitrogen and oxygen atoms in total. The highest BCUT2D eigenvalue weighted by Gasteiger charge is 2.23. The lowest BCUT2D eigenvalue weighted by molar-refractivity contribution is 0.0998. The SMILES string of the molecule is CC(C)(C)c1c(CCl)cccc1C(N)=O. The summed E-state index contributed by atoms with van der Waals surface area (Å²) in [6.45, 7) is 6.14. The molecule has 1 aromatic rings. The van der Waals surface area contributed by atoms with E-state index in [9.17, 15) is 4.79 Å². The molecule has 0 aliphatic rings. The molecule has 0 saturated heterocycles. The zero-order valence-corrected chi connectivity index (χ0v) is 10.1. The standard InChI is InChI=1S/C12H16ClNO/c1-12(2,3)10-8(7-13)5-4-6-9(10)11(14)15/h4-6H,7H2,1-3H3,(H2,14,15). The molecule has 0 unspecified atom stereocenters. The number of hydrogen-bond acceptors (Lipinski definition) is 1. The van der Waals surface area contributed by atoms with Crippen LogP contribution in [0.5, 0.6) is 0 Å². The molecule has 0 heterocycles. The summed E-state index contributed by atoms with van der Waals surface area (Å²) in [7, 11) is 0. The van der Waals surface area contributed by atoms with Crippen molar-refractivity contribution in [2.45, 2.75) is 32.1 Å². The fourth-order valence-electron chi connectivity index (χ4n) is 1.80. The average molecular weight is 226 g/mol. The van der Waals surface area contributed by atoms with Gasteiger partial charge in [0.05, 0.1) is 0 Å². The van der Waals surface area contributed by atoms with Crippen LogP contribution in [-0.2, 0) is 11.3 Å². The highest BCUT2D eigenvalue weighted by atomic mass is 35.5. The smallest absolute Gasteiger partial charge is 0.249 e. The largest absolute Gasteiger partial charge is 0.366 e. The number of hydrogen-bond donors (Lipinski definition) is 1. The van der Waals surface area contributed by atoms with Crippen LogP contribution in [-0.4, -0.2) is 5.91 Å². The Hall–Kier alpha value is -1.02. The average Bonchev–Trinajstić information content (AvgIpc) is 2.15.